The van der Waals surface area contributed by atoms with Crippen molar-refractivity contribution < 1.29 is 9.59 Å². The van der Waals surface area contributed by atoms with Gasteiger partial charge >= 0.3 is 6.03 Å². The number of carbonyl (C=O) groups is 2. The molecular weight excluding hydrogens is 204 g/mol. The lowest BCUT2D eigenvalue weighted by Crippen LogP contribution is -2.50. The highest BCUT2D eigenvalue weighted by Crippen LogP contribution is 2.39. The average Bonchev–Trinajstić information content (AvgIpc) is 2.49. The van der Waals surface area contributed by atoms with Crippen LogP contribution in [0.25, 0.3) is 0 Å². The molecule has 1 heterocycles. The topological polar surface area (TPSA) is 40.6 Å². The van der Waals surface area contributed by atoms with Gasteiger partial charge in [-0.3, -0.25) is 9.69 Å². The summed E-state index contributed by atoms with van der Waals surface area (Å²) in [5.41, 5.74) is -0.486. The van der Waals surface area contributed by atoms with E-state index in [1.165, 1.54) is 11.3 Å². The van der Waals surface area contributed by atoms with Crippen LogP contribution in [0.3, 0.4) is 0 Å². The number of hydrogen-bond donors (Lipinski definition) is 0. The highest BCUT2D eigenvalue weighted by Gasteiger charge is 2.55. The molecule has 2 rings (SSSR count). The van der Waals surface area contributed by atoms with Crippen molar-refractivity contribution in [3.63, 3.8) is 0 Å². The molecule has 4 heteroatoms. The van der Waals surface area contributed by atoms with Gasteiger partial charge in [0, 0.05) is 13.1 Å². The van der Waals surface area contributed by atoms with Crippen LogP contribution < -0.4 is 0 Å². The predicted octanol–water partition coefficient (Wildman–Crippen LogP) is 1.99. The Morgan fingerprint density at radius 1 is 1.06 bits per heavy atom. The molecular formula is C12H20N2O2. The molecule has 0 unspecified atom stereocenters. The molecule has 1 saturated carbocycles. The second-order valence-corrected chi connectivity index (χ2v) is 4.67. The minimum Gasteiger partial charge on any atom is -0.310 e. The molecule has 16 heavy (non-hydrogen) atoms. The minimum atomic E-state index is -0.486. The van der Waals surface area contributed by atoms with Gasteiger partial charge in [-0.15, -0.1) is 0 Å². The lowest BCUT2D eigenvalue weighted by molar-refractivity contribution is -0.134. The molecule has 2 fully saturated rings. The fourth-order valence-corrected chi connectivity index (χ4v) is 3.12. The van der Waals surface area contributed by atoms with E-state index in [0.717, 1.165) is 25.7 Å². The maximum absolute atomic E-state index is 12.4. The van der Waals surface area contributed by atoms with E-state index in [1.807, 2.05) is 13.8 Å². The van der Waals surface area contributed by atoms with Crippen molar-refractivity contribution in [2.24, 2.45) is 0 Å². The van der Waals surface area contributed by atoms with Crippen LogP contribution in [0.15, 0.2) is 0 Å². The monoisotopic (exact) mass is 224 g/mol. The van der Waals surface area contributed by atoms with Gasteiger partial charge in [-0.2, -0.15) is 0 Å². The Morgan fingerprint density at radius 2 is 1.69 bits per heavy atom. The van der Waals surface area contributed by atoms with Gasteiger partial charge in [0.05, 0.1) is 0 Å². The quantitative estimate of drug-likeness (QED) is 0.673. The molecule has 0 bridgehead atoms. The van der Waals surface area contributed by atoms with E-state index in [0.29, 0.717) is 13.1 Å². The molecule has 0 atom stereocenters. The molecule has 1 saturated heterocycles. The SMILES string of the molecule is CCN1C(=O)N(CC)C2(CCCCC2)C1=O. The summed E-state index contributed by atoms with van der Waals surface area (Å²) in [6.07, 6.45) is 5.01. The van der Waals surface area contributed by atoms with E-state index in [1.54, 1.807) is 4.90 Å². The summed E-state index contributed by atoms with van der Waals surface area (Å²) in [5, 5.41) is 0. The van der Waals surface area contributed by atoms with E-state index in [9.17, 15) is 9.59 Å². The molecule has 1 aliphatic heterocycles. The zero-order valence-corrected chi connectivity index (χ0v) is 10.2. The van der Waals surface area contributed by atoms with Crippen LogP contribution in [0.5, 0.6) is 0 Å². The number of urea groups is 1. The summed E-state index contributed by atoms with van der Waals surface area (Å²) in [7, 11) is 0. The van der Waals surface area contributed by atoms with Crippen LogP contribution in [0.1, 0.15) is 46.0 Å². The van der Waals surface area contributed by atoms with Gasteiger partial charge < -0.3 is 4.90 Å². The molecule has 90 valence electrons. The van der Waals surface area contributed by atoms with E-state index >= 15 is 0 Å². The lowest BCUT2D eigenvalue weighted by atomic mass is 9.80. The summed E-state index contributed by atoms with van der Waals surface area (Å²) in [4.78, 5) is 27.6. The number of amides is 3. The lowest BCUT2D eigenvalue weighted by Gasteiger charge is -2.37. The molecule has 4 nitrogen and oxygen atoms in total. The number of hydrogen-bond acceptors (Lipinski definition) is 2. The fraction of sp³-hybridized carbons (Fsp3) is 0.833. The molecule has 2 aliphatic rings. The Bertz CT molecular complexity index is 308. The van der Waals surface area contributed by atoms with Crippen molar-refractivity contribution in [1.29, 1.82) is 0 Å². The van der Waals surface area contributed by atoms with Crippen molar-refractivity contribution >= 4 is 11.9 Å². The molecule has 0 aromatic rings. The standard InChI is InChI=1S/C12H20N2O2/c1-3-13-10(15)12(8-6-5-7-9-12)14(4-2)11(13)16/h3-9H2,1-2H3. The van der Waals surface area contributed by atoms with Crippen molar-refractivity contribution in [3.8, 4) is 0 Å². The van der Waals surface area contributed by atoms with Crippen LogP contribution in [0, 0.1) is 0 Å². The Kier molecular flexibility index (Phi) is 2.91. The third kappa shape index (κ3) is 1.35. The summed E-state index contributed by atoms with van der Waals surface area (Å²) in [6, 6.07) is -0.0862. The highest BCUT2D eigenvalue weighted by atomic mass is 16.2. The Balaban J connectivity index is 2.34. The predicted molar refractivity (Wildman–Crippen MR) is 61.0 cm³/mol. The van der Waals surface area contributed by atoms with Gasteiger partial charge in [0.25, 0.3) is 5.91 Å². The molecule has 0 N–H and O–H groups in total. The van der Waals surface area contributed by atoms with Gasteiger partial charge in [-0.1, -0.05) is 19.3 Å². The van der Waals surface area contributed by atoms with Crippen molar-refractivity contribution in [2.75, 3.05) is 13.1 Å². The molecule has 0 radical (unpaired) electrons. The van der Waals surface area contributed by atoms with E-state index in [4.69, 9.17) is 0 Å². The summed E-state index contributed by atoms with van der Waals surface area (Å²) >= 11 is 0. The van der Waals surface area contributed by atoms with Gasteiger partial charge in [0.1, 0.15) is 5.54 Å². The molecule has 0 aromatic heterocycles. The molecule has 0 aromatic carbocycles. The minimum absolute atomic E-state index is 0.0431. The van der Waals surface area contributed by atoms with Crippen molar-refractivity contribution in [2.45, 2.75) is 51.5 Å². The van der Waals surface area contributed by atoms with Crippen LogP contribution in [0.4, 0.5) is 4.79 Å². The van der Waals surface area contributed by atoms with E-state index < -0.39 is 5.54 Å². The Hall–Kier alpha value is -1.06. The molecule has 3 amide bonds. The Morgan fingerprint density at radius 3 is 2.19 bits per heavy atom. The first-order valence-corrected chi connectivity index (χ1v) is 6.31. The molecule has 1 spiro atoms. The first-order chi connectivity index (χ1) is 7.67. The summed E-state index contributed by atoms with van der Waals surface area (Å²) < 4.78 is 0. The van der Waals surface area contributed by atoms with Crippen molar-refractivity contribution in [3.05, 3.63) is 0 Å². The number of likely N-dealkylation sites (N-methyl/N-ethyl adjacent to an activating group) is 2. The zero-order chi connectivity index (χ0) is 11.8. The van der Waals surface area contributed by atoms with Crippen LogP contribution >= 0.6 is 0 Å². The van der Waals surface area contributed by atoms with Crippen LogP contribution in [-0.4, -0.2) is 40.4 Å². The smallest absolute Gasteiger partial charge is 0.310 e. The number of nitrogens with zero attached hydrogens (tertiary/aromatic N) is 2. The summed E-state index contributed by atoms with van der Waals surface area (Å²) in [5.74, 6) is 0.0431. The third-order valence-electron chi connectivity index (χ3n) is 3.93. The Labute approximate surface area is 96.6 Å². The molecule has 1 aliphatic carbocycles. The second kappa shape index (κ2) is 4.07. The first-order valence-electron chi connectivity index (χ1n) is 6.31. The highest BCUT2D eigenvalue weighted by molar-refractivity contribution is 6.07. The zero-order valence-electron chi connectivity index (χ0n) is 10.2. The fourth-order valence-electron chi connectivity index (χ4n) is 3.12. The van der Waals surface area contributed by atoms with E-state index in [2.05, 4.69) is 0 Å². The van der Waals surface area contributed by atoms with Crippen LogP contribution in [0.2, 0.25) is 0 Å². The first kappa shape index (κ1) is 11.4. The average molecular weight is 224 g/mol. The van der Waals surface area contributed by atoms with Gasteiger partial charge in [-0.25, -0.2) is 4.79 Å². The number of rotatable bonds is 2. The maximum Gasteiger partial charge on any atom is 0.327 e. The van der Waals surface area contributed by atoms with Gasteiger partial charge in [0.15, 0.2) is 0 Å². The van der Waals surface area contributed by atoms with E-state index in [-0.39, 0.29) is 11.9 Å². The van der Waals surface area contributed by atoms with Crippen molar-refractivity contribution in [1.82, 2.24) is 9.80 Å². The van der Waals surface area contributed by atoms with Crippen LogP contribution in [-0.2, 0) is 4.79 Å². The number of carbonyl (C=O) groups excluding carboxylic acids is 2. The third-order valence-corrected chi connectivity index (χ3v) is 3.93. The largest absolute Gasteiger partial charge is 0.327 e. The number of imide groups is 1. The summed E-state index contributed by atoms with van der Waals surface area (Å²) in [6.45, 7) is 4.96. The second-order valence-electron chi connectivity index (χ2n) is 4.67. The van der Waals surface area contributed by atoms with Gasteiger partial charge in [-0.05, 0) is 26.7 Å². The van der Waals surface area contributed by atoms with Gasteiger partial charge in [0.2, 0.25) is 0 Å². The normalized spacial score (nSPS) is 24.6. The maximum atomic E-state index is 12.4.